The van der Waals surface area contributed by atoms with Crippen molar-refractivity contribution in [3.05, 3.63) is 28.8 Å². The van der Waals surface area contributed by atoms with Gasteiger partial charge in [0.25, 0.3) is 0 Å². The number of halogens is 4. The van der Waals surface area contributed by atoms with Crippen molar-refractivity contribution in [2.75, 3.05) is 19.0 Å². The minimum absolute atomic E-state index is 0.785. The number of anilines is 1. The van der Waals surface area contributed by atoms with Gasteiger partial charge in [0.1, 0.15) is 11.3 Å². The summed E-state index contributed by atoms with van der Waals surface area (Å²) in [7, 11) is 2.55. The highest BCUT2D eigenvalue weighted by Crippen LogP contribution is 2.29. The van der Waals surface area contributed by atoms with Gasteiger partial charge in [-0.2, -0.15) is 0 Å². The molecule has 0 heterocycles. The van der Waals surface area contributed by atoms with Crippen molar-refractivity contribution in [3.8, 4) is 11.8 Å². The number of hydrogen-bond donors (Lipinski definition) is 1. The third kappa shape index (κ3) is 3.18. The van der Waals surface area contributed by atoms with Crippen molar-refractivity contribution in [3.63, 3.8) is 0 Å². The molecule has 0 unspecified atom stereocenters. The fourth-order valence-electron chi connectivity index (χ4n) is 1.35. The van der Waals surface area contributed by atoms with E-state index in [2.05, 4.69) is 5.92 Å². The Balaban J connectivity index is 3.57. The molecule has 2 N–H and O–H groups in total. The van der Waals surface area contributed by atoms with E-state index in [9.17, 15) is 17.6 Å². The summed E-state index contributed by atoms with van der Waals surface area (Å²) in [5.41, 5.74) is 2.74. The Hall–Kier alpha value is -1.74. The number of benzene rings is 1. The molecule has 0 saturated carbocycles. The summed E-state index contributed by atoms with van der Waals surface area (Å²) >= 11 is 0. The summed E-state index contributed by atoms with van der Waals surface area (Å²) < 4.78 is 54.7. The maximum atomic E-state index is 13.7. The number of rotatable bonds is 1. The molecule has 0 atom stereocenters. The molecule has 0 aliphatic carbocycles. The van der Waals surface area contributed by atoms with Crippen LogP contribution in [0.25, 0.3) is 0 Å². The lowest BCUT2D eigenvalue weighted by molar-refractivity contribution is 0.451. The van der Waals surface area contributed by atoms with Crippen molar-refractivity contribution >= 4 is 5.69 Å². The molecule has 0 spiro atoms. The molecule has 0 saturated heterocycles. The maximum Gasteiger partial charge on any atom is 0.186 e. The first-order valence-corrected chi connectivity index (χ1v) is 5.41. The van der Waals surface area contributed by atoms with Crippen LogP contribution in [0.4, 0.5) is 23.2 Å². The molecule has 6 heteroatoms. The molecule has 0 radical (unpaired) electrons. The largest absolute Gasteiger partial charge is 0.373 e. The SMILES string of the molecule is CN(C)c1c(F)c(F)c(C#CC(C)(C)N)c(F)c1F. The lowest BCUT2D eigenvalue weighted by Gasteiger charge is -2.16. The summed E-state index contributed by atoms with van der Waals surface area (Å²) in [5.74, 6) is -1.65. The van der Waals surface area contributed by atoms with E-state index in [0.29, 0.717) is 0 Å². The Kier molecular flexibility index (Phi) is 4.11. The molecule has 1 aromatic carbocycles. The van der Waals surface area contributed by atoms with Crippen LogP contribution in [-0.2, 0) is 0 Å². The molecule has 0 fully saturated rings. The highest BCUT2D eigenvalue weighted by atomic mass is 19.2. The van der Waals surface area contributed by atoms with E-state index < -0.39 is 40.1 Å². The van der Waals surface area contributed by atoms with Gasteiger partial charge in [-0.05, 0) is 13.8 Å². The lowest BCUT2D eigenvalue weighted by atomic mass is 10.1. The molecule has 2 nitrogen and oxygen atoms in total. The molecular weight excluding hydrogens is 260 g/mol. The molecular formula is C13H14F4N2. The zero-order chi connectivity index (χ0) is 15.0. The highest BCUT2D eigenvalue weighted by Gasteiger charge is 2.25. The van der Waals surface area contributed by atoms with Gasteiger partial charge < -0.3 is 10.6 Å². The van der Waals surface area contributed by atoms with Crippen LogP contribution in [0.2, 0.25) is 0 Å². The summed E-state index contributed by atoms with van der Waals surface area (Å²) in [5, 5.41) is 0. The normalized spacial score (nSPS) is 11.0. The number of hydrogen-bond acceptors (Lipinski definition) is 2. The molecule has 104 valence electrons. The first-order chi connectivity index (χ1) is 8.56. The van der Waals surface area contributed by atoms with Crippen molar-refractivity contribution in [1.82, 2.24) is 0 Å². The van der Waals surface area contributed by atoms with Crippen LogP contribution in [0, 0.1) is 35.1 Å². The van der Waals surface area contributed by atoms with Gasteiger partial charge in [0.05, 0.1) is 5.54 Å². The van der Waals surface area contributed by atoms with E-state index in [1.54, 1.807) is 0 Å². The van der Waals surface area contributed by atoms with Crippen LogP contribution in [-0.4, -0.2) is 19.6 Å². The molecule has 0 aromatic heterocycles. The molecule has 19 heavy (non-hydrogen) atoms. The highest BCUT2D eigenvalue weighted by molar-refractivity contribution is 5.54. The van der Waals surface area contributed by atoms with Crippen molar-refractivity contribution in [2.45, 2.75) is 19.4 Å². The van der Waals surface area contributed by atoms with Crippen molar-refractivity contribution in [1.29, 1.82) is 0 Å². The van der Waals surface area contributed by atoms with Crippen LogP contribution in [0.15, 0.2) is 0 Å². The van der Waals surface area contributed by atoms with E-state index in [4.69, 9.17) is 5.73 Å². The minimum atomic E-state index is -1.53. The third-order valence-electron chi connectivity index (χ3n) is 2.20. The average Bonchev–Trinajstić information content (AvgIpc) is 2.24. The molecule has 0 bridgehead atoms. The molecule has 1 aromatic rings. The van der Waals surface area contributed by atoms with E-state index >= 15 is 0 Å². The maximum absolute atomic E-state index is 13.7. The summed E-state index contributed by atoms with van der Waals surface area (Å²) in [6.45, 7) is 2.99. The third-order valence-corrected chi connectivity index (χ3v) is 2.20. The molecule has 1 rings (SSSR count). The Morgan fingerprint density at radius 1 is 0.947 bits per heavy atom. The zero-order valence-electron chi connectivity index (χ0n) is 11.0. The second-order valence-electron chi connectivity index (χ2n) is 4.85. The van der Waals surface area contributed by atoms with E-state index in [0.717, 1.165) is 4.90 Å². The van der Waals surface area contributed by atoms with Gasteiger partial charge in [-0.25, -0.2) is 17.6 Å². The van der Waals surface area contributed by atoms with E-state index in [1.807, 2.05) is 5.92 Å². The second kappa shape index (κ2) is 5.10. The lowest BCUT2D eigenvalue weighted by Crippen LogP contribution is -2.29. The van der Waals surface area contributed by atoms with Gasteiger partial charge in [-0.15, -0.1) is 0 Å². The van der Waals surface area contributed by atoms with Crippen molar-refractivity contribution < 1.29 is 17.6 Å². The Bertz CT molecular complexity index is 534. The summed E-state index contributed by atoms with van der Waals surface area (Å²) in [4.78, 5) is 0.945. The predicted octanol–water partition coefficient (Wildman–Crippen LogP) is 2.40. The van der Waals surface area contributed by atoms with E-state index in [-0.39, 0.29) is 0 Å². The van der Waals surface area contributed by atoms with Gasteiger partial charge >= 0.3 is 0 Å². The summed E-state index contributed by atoms with van der Waals surface area (Å²) in [6.07, 6.45) is 0. The van der Waals surface area contributed by atoms with Crippen LogP contribution in [0.5, 0.6) is 0 Å². The quantitative estimate of drug-likeness (QED) is 0.484. The van der Waals surface area contributed by atoms with Crippen LogP contribution in [0.1, 0.15) is 19.4 Å². The molecule has 0 aliphatic heterocycles. The Morgan fingerprint density at radius 3 is 1.68 bits per heavy atom. The first-order valence-electron chi connectivity index (χ1n) is 5.41. The second-order valence-corrected chi connectivity index (χ2v) is 4.85. The number of nitrogens with two attached hydrogens (primary N) is 1. The smallest absolute Gasteiger partial charge is 0.186 e. The van der Waals surface area contributed by atoms with Gasteiger partial charge in [0.2, 0.25) is 0 Å². The minimum Gasteiger partial charge on any atom is -0.373 e. The topological polar surface area (TPSA) is 29.3 Å². The average molecular weight is 274 g/mol. The predicted molar refractivity (Wildman–Crippen MR) is 65.7 cm³/mol. The van der Waals surface area contributed by atoms with Crippen LogP contribution < -0.4 is 10.6 Å². The first kappa shape index (κ1) is 15.3. The Labute approximate surface area is 109 Å². The van der Waals surface area contributed by atoms with Gasteiger partial charge in [0, 0.05) is 14.1 Å². The van der Waals surface area contributed by atoms with Crippen molar-refractivity contribution in [2.24, 2.45) is 5.73 Å². The monoisotopic (exact) mass is 274 g/mol. The van der Waals surface area contributed by atoms with E-state index in [1.165, 1.54) is 27.9 Å². The standard InChI is InChI=1S/C13H14F4N2/c1-13(2,18)6-5-7-8(14)10(16)12(19(3)4)11(17)9(7)15/h18H2,1-4H3. The summed E-state index contributed by atoms with van der Waals surface area (Å²) in [6, 6.07) is 0. The van der Waals surface area contributed by atoms with Crippen LogP contribution in [0.3, 0.4) is 0 Å². The Morgan fingerprint density at radius 2 is 1.37 bits per heavy atom. The zero-order valence-corrected chi connectivity index (χ0v) is 11.0. The molecule has 0 aliphatic rings. The van der Waals surface area contributed by atoms with Crippen LogP contribution >= 0.6 is 0 Å². The number of nitrogens with zero attached hydrogens (tertiary/aromatic N) is 1. The van der Waals surface area contributed by atoms with Gasteiger partial charge in [0.15, 0.2) is 23.3 Å². The molecule has 0 amide bonds. The van der Waals surface area contributed by atoms with Gasteiger partial charge in [-0.3, -0.25) is 0 Å². The van der Waals surface area contributed by atoms with Gasteiger partial charge in [-0.1, -0.05) is 11.8 Å². The fraction of sp³-hybridized carbons (Fsp3) is 0.385. The fourth-order valence-corrected chi connectivity index (χ4v) is 1.35.